The highest BCUT2D eigenvalue weighted by Crippen LogP contribution is 2.14. The molecule has 1 aromatic carbocycles. The van der Waals surface area contributed by atoms with Gasteiger partial charge in [0.25, 0.3) is 0 Å². The van der Waals surface area contributed by atoms with Crippen LogP contribution < -0.4 is 5.73 Å². The van der Waals surface area contributed by atoms with Gasteiger partial charge in [0, 0.05) is 11.1 Å². The number of hydrogen-bond acceptors (Lipinski definition) is 0. The summed E-state index contributed by atoms with van der Waals surface area (Å²) < 4.78 is 0. The van der Waals surface area contributed by atoms with Crippen molar-refractivity contribution in [1.29, 1.82) is 0 Å². The Hall–Kier alpha value is -0.530. The van der Waals surface area contributed by atoms with Gasteiger partial charge in [-0.05, 0) is 24.6 Å². The van der Waals surface area contributed by atoms with E-state index >= 15 is 0 Å². The van der Waals surface area contributed by atoms with E-state index in [2.05, 4.69) is 0 Å². The van der Waals surface area contributed by atoms with Crippen molar-refractivity contribution in [3.05, 3.63) is 34.9 Å². The number of halogens is 1. The maximum absolute atomic E-state index is 7.35. The van der Waals surface area contributed by atoms with Crippen molar-refractivity contribution in [2.45, 2.75) is 13.0 Å². The molecule has 0 saturated carbocycles. The zero-order valence-corrected chi connectivity index (χ0v) is 6.52. The Kier molecular flexibility index (Phi) is 2.30. The lowest BCUT2D eigenvalue weighted by molar-refractivity contribution is 0.788. The molecule has 0 bridgehead atoms. The van der Waals surface area contributed by atoms with Crippen LogP contribution in [0.5, 0.6) is 0 Å². The first-order chi connectivity index (χ1) is 4.70. The molecule has 1 N–H and O–H groups in total. The summed E-state index contributed by atoms with van der Waals surface area (Å²) in [4.78, 5) is 0. The zero-order valence-electron chi connectivity index (χ0n) is 5.76. The van der Waals surface area contributed by atoms with Gasteiger partial charge in [-0.25, -0.2) is 0 Å². The lowest BCUT2D eigenvalue weighted by Crippen LogP contribution is -1.91. The van der Waals surface area contributed by atoms with E-state index in [-0.39, 0.29) is 6.04 Å². The van der Waals surface area contributed by atoms with E-state index in [0.29, 0.717) is 0 Å². The van der Waals surface area contributed by atoms with Crippen LogP contribution in [-0.4, -0.2) is 0 Å². The Morgan fingerprint density at radius 3 is 2.20 bits per heavy atom. The molecule has 0 heterocycles. The van der Waals surface area contributed by atoms with Crippen LogP contribution in [0.2, 0.25) is 5.02 Å². The van der Waals surface area contributed by atoms with Gasteiger partial charge >= 0.3 is 0 Å². The fraction of sp³-hybridized carbons (Fsp3) is 0.250. The van der Waals surface area contributed by atoms with Crippen molar-refractivity contribution in [3.63, 3.8) is 0 Å². The average Bonchev–Trinajstić information content (AvgIpc) is 1.88. The Morgan fingerprint density at radius 2 is 1.80 bits per heavy atom. The lowest BCUT2D eigenvalue weighted by Gasteiger charge is -2.02. The number of benzene rings is 1. The SMILES string of the molecule is C[C@H]([NH])c1ccc(Cl)cc1. The molecule has 1 rings (SSSR count). The molecule has 2 heteroatoms. The number of rotatable bonds is 1. The molecule has 0 amide bonds. The van der Waals surface area contributed by atoms with Gasteiger partial charge in [-0.3, -0.25) is 5.73 Å². The predicted octanol–water partition coefficient (Wildman–Crippen LogP) is 2.68. The van der Waals surface area contributed by atoms with E-state index in [9.17, 15) is 0 Å². The van der Waals surface area contributed by atoms with Crippen molar-refractivity contribution in [2.24, 2.45) is 0 Å². The van der Waals surface area contributed by atoms with Gasteiger partial charge in [-0.15, -0.1) is 0 Å². The quantitative estimate of drug-likeness (QED) is 0.594. The summed E-state index contributed by atoms with van der Waals surface area (Å²) in [7, 11) is 0. The molecule has 1 radical (unpaired) electrons. The van der Waals surface area contributed by atoms with Crippen molar-refractivity contribution >= 4 is 11.6 Å². The molecule has 1 nitrogen and oxygen atoms in total. The predicted molar refractivity (Wildman–Crippen MR) is 43.0 cm³/mol. The minimum absolute atomic E-state index is 0.155. The third-order valence-electron chi connectivity index (χ3n) is 1.37. The fourth-order valence-corrected chi connectivity index (χ4v) is 0.877. The standard InChI is InChI=1S/C8H9ClN/c1-6(10)7-2-4-8(9)5-3-7/h2-6,10H,1H3/t6-/m0/s1. The minimum Gasteiger partial charge on any atom is -0.250 e. The summed E-state index contributed by atoms with van der Waals surface area (Å²) >= 11 is 5.66. The third kappa shape index (κ3) is 1.72. The van der Waals surface area contributed by atoms with E-state index in [1.54, 1.807) is 0 Å². The maximum atomic E-state index is 7.35. The summed E-state index contributed by atoms with van der Waals surface area (Å²) in [5.41, 5.74) is 8.35. The first-order valence-corrected chi connectivity index (χ1v) is 3.54. The molecule has 0 fully saturated rings. The largest absolute Gasteiger partial charge is 0.250 e. The van der Waals surface area contributed by atoms with Crippen LogP contribution in [0.15, 0.2) is 24.3 Å². The molecule has 0 aromatic heterocycles. The summed E-state index contributed by atoms with van der Waals surface area (Å²) in [6.07, 6.45) is 0. The highest BCUT2D eigenvalue weighted by atomic mass is 35.5. The molecule has 0 aliphatic carbocycles. The summed E-state index contributed by atoms with van der Waals surface area (Å²) in [6, 6.07) is 7.21. The van der Waals surface area contributed by atoms with Gasteiger partial charge in [0.15, 0.2) is 0 Å². The van der Waals surface area contributed by atoms with Crippen LogP contribution in [0.4, 0.5) is 0 Å². The van der Waals surface area contributed by atoms with Gasteiger partial charge < -0.3 is 0 Å². The van der Waals surface area contributed by atoms with E-state index in [1.165, 1.54) is 0 Å². The summed E-state index contributed by atoms with van der Waals surface area (Å²) in [5.74, 6) is 0. The molecule has 0 unspecified atom stereocenters. The normalized spacial score (nSPS) is 13.1. The molecule has 0 saturated heterocycles. The number of nitrogens with one attached hydrogen (secondary N) is 1. The Labute approximate surface area is 65.8 Å². The Morgan fingerprint density at radius 1 is 1.30 bits per heavy atom. The third-order valence-corrected chi connectivity index (χ3v) is 1.62. The van der Waals surface area contributed by atoms with Crippen LogP contribution in [0.25, 0.3) is 0 Å². The molecular weight excluding hydrogens is 146 g/mol. The first kappa shape index (κ1) is 7.58. The Balaban J connectivity index is 2.89. The van der Waals surface area contributed by atoms with E-state index in [0.717, 1.165) is 10.6 Å². The summed E-state index contributed by atoms with van der Waals surface area (Å²) in [6.45, 7) is 1.84. The van der Waals surface area contributed by atoms with E-state index < -0.39 is 0 Å². The van der Waals surface area contributed by atoms with Gasteiger partial charge in [-0.1, -0.05) is 23.7 Å². The van der Waals surface area contributed by atoms with Crippen LogP contribution >= 0.6 is 11.6 Å². The van der Waals surface area contributed by atoms with Crippen molar-refractivity contribution in [3.8, 4) is 0 Å². The molecule has 53 valence electrons. The van der Waals surface area contributed by atoms with Crippen molar-refractivity contribution in [1.82, 2.24) is 5.73 Å². The van der Waals surface area contributed by atoms with Crippen LogP contribution in [-0.2, 0) is 0 Å². The van der Waals surface area contributed by atoms with E-state index in [1.807, 2.05) is 31.2 Å². The van der Waals surface area contributed by atoms with Gasteiger partial charge in [-0.2, -0.15) is 0 Å². The maximum Gasteiger partial charge on any atom is 0.0434 e. The fourth-order valence-electron chi connectivity index (χ4n) is 0.751. The number of hydrogen-bond donors (Lipinski definition) is 0. The van der Waals surface area contributed by atoms with Gasteiger partial charge in [0.1, 0.15) is 0 Å². The second-order valence-electron chi connectivity index (χ2n) is 2.27. The van der Waals surface area contributed by atoms with Crippen LogP contribution in [0, 0.1) is 0 Å². The molecule has 10 heavy (non-hydrogen) atoms. The molecule has 0 spiro atoms. The summed E-state index contributed by atoms with van der Waals surface area (Å²) in [5, 5.41) is 0.726. The molecule has 1 aromatic rings. The Bertz CT molecular complexity index is 203. The second-order valence-corrected chi connectivity index (χ2v) is 2.71. The monoisotopic (exact) mass is 154 g/mol. The molecule has 0 aliphatic rings. The second kappa shape index (κ2) is 3.04. The van der Waals surface area contributed by atoms with Gasteiger partial charge in [0.2, 0.25) is 0 Å². The molecule has 1 atom stereocenters. The topological polar surface area (TPSA) is 23.8 Å². The van der Waals surface area contributed by atoms with Crippen molar-refractivity contribution in [2.75, 3.05) is 0 Å². The van der Waals surface area contributed by atoms with Crippen molar-refractivity contribution < 1.29 is 0 Å². The molecule has 0 aliphatic heterocycles. The van der Waals surface area contributed by atoms with E-state index in [4.69, 9.17) is 17.3 Å². The highest BCUT2D eigenvalue weighted by Gasteiger charge is 1.97. The highest BCUT2D eigenvalue weighted by molar-refractivity contribution is 6.30. The molecular formula is C8H9ClN. The van der Waals surface area contributed by atoms with Crippen LogP contribution in [0.3, 0.4) is 0 Å². The minimum atomic E-state index is -0.155. The smallest absolute Gasteiger partial charge is 0.0434 e. The lowest BCUT2D eigenvalue weighted by atomic mass is 10.1. The van der Waals surface area contributed by atoms with Gasteiger partial charge in [0.05, 0.1) is 0 Å². The zero-order chi connectivity index (χ0) is 7.56. The first-order valence-electron chi connectivity index (χ1n) is 3.17. The average molecular weight is 155 g/mol. The van der Waals surface area contributed by atoms with Crippen LogP contribution in [0.1, 0.15) is 18.5 Å².